The number of ether oxygens (including phenoxy) is 1. The Hall–Kier alpha value is -4.13. The molecule has 0 spiro atoms. The van der Waals surface area contributed by atoms with E-state index in [0.717, 1.165) is 6.42 Å². The van der Waals surface area contributed by atoms with Crippen molar-refractivity contribution in [2.24, 2.45) is 0 Å². The molecule has 4 rings (SSSR count). The smallest absolute Gasteiger partial charge is 0.300 e. The van der Waals surface area contributed by atoms with Crippen molar-refractivity contribution in [1.82, 2.24) is 0 Å². The summed E-state index contributed by atoms with van der Waals surface area (Å²) in [7, 11) is 0. The third-order valence-electron chi connectivity index (χ3n) is 5.36. The van der Waals surface area contributed by atoms with E-state index in [0.29, 0.717) is 29.2 Å². The monoisotopic (exact) mass is 447 g/mol. The Labute approximate surface area is 190 Å². The topological polar surface area (TPSA) is 87.1 Å². The number of halogens is 1. The van der Waals surface area contributed by atoms with E-state index in [1.54, 1.807) is 36.4 Å². The molecule has 0 saturated carbocycles. The van der Waals surface area contributed by atoms with Crippen LogP contribution in [0.2, 0.25) is 0 Å². The largest absolute Gasteiger partial charge is 0.508 e. The SMILES string of the molecule is CCCOc1ccc(/C(O)=C2\C(=O)C(=O)N(c3ccc(F)cc3)C2c2ccc(O)cc2)cc1. The van der Waals surface area contributed by atoms with E-state index in [9.17, 15) is 24.2 Å². The number of phenolic OH excluding ortho intramolecular Hbond substituents is 1. The lowest BCUT2D eigenvalue weighted by Crippen LogP contribution is -2.29. The highest BCUT2D eigenvalue weighted by Gasteiger charge is 2.46. The van der Waals surface area contributed by atoms with Crippen LogP contribution in [-0.4, -0.2) is 28.5 Å². The number of aliphatic hydroxyl groups excluding tert-OH is 1. The van der Waals surface area contributed by atoms with Gasteiger partial charge in [-0.15, -0.1) is 0 Å². The van der Waals surface area contributed by atoms with Crippen molar-refractivity contribution in [2.45, 2.75) is 19.4 Å². The van der Waals surface area contributed by atoms with Crippen LogP contribution in [0.5, 0.6) is 11.5 Å². The molecule has 33 heavy (non-hydrogen) atoms. The zero-order valence-corrected chi connectivity index (χ0v) is 17.9. The van der Waals surface area contributed by atoms with Gasteiger partial charge in [0.2, 0.25) is 0 Å². The van der Waals surface area contributed by atoms with E-state index in [4.69, 9.17) is 4.74 Å². The van der Waals surface area contributed by atoms with Crippen LogP contribution in [0, 0.1) is 5.82 Å². The lowest BCUT2D eigenvalue weighted by molar-refractivity contribution is -0.132. The molecule has 1 unspecified atom stereocenters. The number of carbonyl (C=O) groups is 2. The van der Waals surface area contributed by atoms with E-state index in [-0.39, 0.29) is 17.1 Å². The highest BCUT2D eigenvalue weighted by Crippen LogP contribution is 2.42. The highest BCUT2D eigenvalue weighted by atomic mass is 19.1. The summed E-state index contributed by atoms with van der Waals surface area (Å²) >= 11 is 0. The van der Waals surface area contributed by atoms with Crippen LogP contribution in [0.25, 0.3) is 5.76 Å². The molecular weight excluding hydrogens is 425 g/mol. The van der Waals surface area contributed by atoms with Gasteiger partial charge in [0, 0.05) is 11.3 Å². The Morgan fingerprint density at radius 3 is 2.21 bits per heavy atom. The minimum Gasteiger partial charge on any atom is -0.508 e. The van der Waals surface area contributed by atoms with E-state index >= 15 is 0 Å². The maximum Gasteiger partial charge on any atom is 0.300 e. The molecule has 1 aliphatic heterocycles. The molecule has 1 fully saturated rings. The molecule has 3 aromatic carbocycles. The molecule has 7 heteroatoms. The van der Waals surface area contributed by atoms with Gasteiger partial charge < -0.3 is 14.9 Å². The predicted molar refractivity (Wildman–Crippen MR) is 122 cm³/mol. The zero-order valence-electron chi connectivity index (χ0n) is 17.9. The fourth-order valence-electron chi connectivity index (χ4n) is 3.76. The second-order valence-corrected chi connectivity index (χ2v) is 7.61. The molecule has 0 bridgehead atoms. The van der Waals surface area contributed by atoms with Gasteiger partial charge >= 0.3 is 0 Å². The molecule has 1 amide bonds. The number of aliphatic hydroxyl groups is 1. The quantitative estimate of drug-likeness (QED) is 0.317. The number of aromatic hydroxyl groups is 1. The highest BCUT2D eigenvalue weighted by molar-refractivity contribution is 6.51. The molecule has 0 radical (unpaired) electrons. The van der Waals surface area contributed by atoms with E-state index in [2.05, 4.69) is 0 Å². The van der Waals surface area contributed by atoms with Crippen molar-refractivity contribution < 1.29 is 28.9 Å². The molecule has 0 aliphatic carbocycles. The number of phenols is 1. The van der Waals surface area contributed by atoms with Gasteiger partial charge in [0.25, 0.3) is 11.7 Å². The standard InChI is InChI=1S/C26H22FNO5/c1-2-15-33-21-13-5-17(6-14-21)24(30)22-23(16-3-11-20(29)12-4-16)28(26(32)25(22)31)19-9-7-18(27)8-10-19/h3-14,23,29-30H,2,15H2,1H3/b24-22+. The summed E-state index contributed by atoms with van der Waals surface area (Å²) in [5.41, 5.74) is 1.05. The Kier molecular flexibility index (Phi) is 6.13. The molecular formula is C26H22FNO5. The number of hydrogen-bond donors (Lipinski definition) is 2. The van der Waals surface area contributed by atoms with Crippen LogP contribution in [0.1, 0.15) is 30.5 Å². The Morgan fingerprint density at radius 1 is 0.970 bits per heavy atom. The van der Waals surface area contributed by atoms with E-state index in [1.165, 1.54) is 41.3 Å². The van der Waals surface area contributed by atoms with Gasteiger partial charge in [0.05, 0.1) is 18.2 Å². The number of anilines is 1. The van der Waals surface area contributed by atoms with Crippen molar-refractivity contribution in [1.29, 1.82) is 0 Å². The lowest BCUT2D eigenvalue weighted by Gasteiger charge is -2.25. The van der Waals surface area contributed by atoms with Crippen LogP contribution in [0.15, 0.2) is 78.4 Å². The number of nitrogens with zero attached hydrogens (tertiary/aromatic N) is 1. The Bertz CT molecular complexity index is 1200. The van der Waals surface area contributed by atoms with Crippen molar-refractivity contribution in [3.63, 3.8) is 0 Å². The number of amides is 1. The summed E-state index contributed by atoms with van der Waals surface area (Å²) < 4.78 is 19.0. The number of carbonyl (C=O) groups excluding carboxylic acids is 2. The summed E-state index contributed by atoms with van der Waals surface area (Å²) in [6.45, 7) is 2.54. The first kappa shape index (κ1) is 22.1. The molecule has 168 valence electrons. The lowest BCUT2D eigenvalue weighted by atomic mass is 9.95. The average Bonchev–Trinajstić information content (AvgIpc) is 3.09. The summed E-state index contributed by atoms with van der Waals surface area (Å²) in [5, 5.41) is 20.8. The second kappa shape index (κ2) is 9.16. The van der Waals surface area contributed by atoms with Crippen LogP contribution in [-0.2, 0) is 9.59 Å². The molecule has 3 aromatic rings. The van der Waals surface area contributed by atoms with Crippen LogP contribution >= 0.6 is 0 Å². The van der Waals surface area contributed by atoms with Gasteiger partial charge in [0.15, 0.2) is 0 Å². The van der Waals surface area contributed by atoms with Gasteiger partial charge in [0.1, 0.15) is 23.1 Å². The molecule has 2 N–H and O–H groups in total. The third kappa shape index (κ3) is 4.30. The number of Topliss-reactive ketones (excluding diaryl/α,β-unsaturated/α-hetero) is 1. The molecule has 1 atom stereocenters. The van der Waals surface area contributed by atoms with Gasteiger partial charge in [-0.05, 0) is 72.6 Å². The van der Waals surface area contributed by atoms with E-state index in [1.807, 2.05) is 6.92 Å². The van der Waals surface area contributed by atoms with Gasteiger partial charge in [-0.3, -0.25) is 14.5 Å². The number of benzene rings is 3. The summed E-state index contributed by atoms with van der Waals surface area (Å²) in [5.74, 6) is -1.89. The Morgan fingerprint density at radius 2 is 1.61 bits per heavy atom. The van der Waals surface area contributed by atoms with Crippen molar-refractivity contribution >= 4 is 23.1 Å². The maximum atomic E-state index is 13.5. The van der Waals surface area contributed by atoms with Crippen molar-refractivity contribution in [3.8, 4) is 11.5 Å². The minimum absolute atomic E-state index is 0.0140. The van der Waals surface area contributed by atoms with Gasteiger partial charge in [-0.2, -0.15) is 0 Å². The number of rotatable bonds is 6. The minimum atomic E-state index is -0.966. The van der Waals surface area contributed by atoms with Crippen LogP contribution < -0.4 is 9.64 Å². The maximum absolute atomic E-state index is 13.5. The van der Waals surface area contributed by atoms with E-state index < -0.39 is 23.5 Å². The normalized spacial score (nSPS) is 17.4. The van der Waals surface area contributed by atoms with Crippen LogP contribution in [0.3, 0.4) is 0 Å². The zero-order chi connectivity index (χ0) is 23.5. The third-order valence-corrected chi connectivity index (χ3v) is 5.36. The molecule has 1 aliphatic rings. The summed E-state index contributed by atoms with van der Waals surface area (Å²) in [6.07, 6.45) is 0.848. The fourth-order valence-corrected chi connectivity index (χ4v) is 3.76. The van der Waals surface area contributed by atoms with Crippen LogP contribution in [0.4, 0.5) is 10.1 Å². The molecule has 1 heterocycles. The van der Waals surface area contributed by atoms with Crippen molar-refractivity contribution in [3.05, 3.63) is 95.3 Å². The summed E-state index contributed by atoms with van der Waals surface area (Å²) in [6, 6.07) is 16.8. The average molecular weight is 447 g/mol. The number of hydrogen-bond acceptors (Lipinski definition) is 5. The molecule has 1 saturated heterocycles. The fraction of sp³-hybridized carbons (Fsp3) is 0.154. The summed E-state index contributed by atoms with van der Waals surface area (Å²) in [4.78, 5) is 27.3. The van der Waals surface area contributed by atoms with Crippen molar-refractivity contribution in [2.75, 3.05) is 11.5 Å². The molecule has 0 aromatic heterocycles. The van der Waals surface area contributed by atoms with Gasteiger partial charge in [-0.1, -0.05) is 19.1 Å². The Balaban J connectivity index is 1.84. The first-order chi connectivity index (χ1) is 15.9. The van der Waals surface area contributed by atoms with Gasteiger partial charge in [-0.25, -0.2) is 4.39 Å². The number of ketones is 1. The first-order valence-corrected chi connectivity index (χ1v) is 10.5. The second-order valence-electron chi connectivity index (χ2n) is 7.61. The molecule has 6 nitrogen and oxygen atoms in total. The predicted octanol–water partition coefficient (Wildman–Crippen LogP) is 4.95. The first-order valence-electron chi connectivity index (χ1n) is 10.5.